The van der Waals surface area contributed by atoms with Crippen molar-refractivity contribution in [1.82, 2.24) is 15.2 Å². The zero-order valence-electron chi connectivity index (χ0n) is 14.9. The number of hydrogen-bond donors (Lipinski definition) is 2. The van der Waals surface area contributed by atoms with E-state index < -0.39 is 0 Å². The van der Waals surface area contributed by atoms with Crippen molar-refractivity contribution in [2.24, 2.45) is 4.99 Å². The minimum Gasteiger partial charge on any atom is -0.356 e. The summed E-state index contributed by atoms with van der Waals surface area (Å²) in [5.74, 6) is 0.768. The first-order chi connectivity index (χ1) is 12.8. The molecule has 0 unspecified atom stereocenters. The molecule has 0 saturated carbocycles. The number of aryl methyl sites for hydroxylation is 1. The summed E-state index contributed by atoms with van der Waals surface area (Å²) in [7, 11) is 1.76. The predicted molar refractivity (Wildman–Crippen MR) is 106 cm³/mol. The molecule has 2 N–H and O–H groups in total. The Morgan fingerprint density at radius 2 is 2.00 bits per heavy atom. The molecule has 0 aliphatic carbocycles. The van der Waals surface area contributed by atoms with Gasteiger partial charge in [-0.15, -0.1) is 0 Å². The van der Waals surface area contributed by atoms with Gasteiger partial charge in [-0.05, 0) is 41.6 Å². The number of para-hydroxylation sites is 1. The molecule has 0 aliphatic rings. The fourth-order valence-corrected chi connectivity index (χ4v) is 2.95. The van der Waals surface area contributed by atoms with E-state index in [-0.39, 0.29) is 0 Å². The minimum absolute atomic E-state index is 0.636. The lowest BCUT2D eigenvalue weighted by molar-refractivity contribution is 0.640. The molecule has 3 aromatic rings. The van der Waals surface area contributed by atoms with Crippen LogP contribution < -0.4 is 10.6 Å². The normalized spacial score (nSPS) is 11.3. The van der Waals surface area contributed by atoms with Crippen molar-refractivity contribution in [3.63, 3.8) is 0 Å². The van der Waals surface area contributed by atoms with E-state index in [2.05, 4.69) is 62.8 Å². The lowest BCUT2D eigenvalue weighted by atomic mass is 10.1. The molecule has 3 rings (SSSR count). The van der Waals surface area contributed by atoms with Crippen LogP contribution in [0.4, 0.5) is 0 Å². The van der Waals surface area contributed by atoms with E-state index in [1.165, 1.54) is 10.9 Å². The summed E-state index contributed by atoms with van der Waals surface area (Å²) >= 11 is 0. The first kappa shape index (κ1) is 17.6. The zero-order chi connectivity index (χ0) is 18.2. The van der Waals surface area contributed by atoms with Crippen LogP contribution in [-0.4, -0.2) is 24.1 Å². The molecule has 1 heterocycles. The molecule has 0 amide bonds. The summed E-state index contributed by atoms with van der Waals surface area (Å²) in [6.07, 6.45) is 3.14. The van der Waals surface area contributed by atoms with Gasteiger partial charge in [0.1, 0.15) is 0 Å². The summed E-state index contributed by atoms with van der Waals surface area (Å²) in [4.78, 5) is 4.25. The number of aromatic nitrogens is 1. The molecule has 5 heteroatoms. The number of hydrogen-bond acceptors (Lipinski definition) is 2. The molecule has 0 saturated heterocycles. The van der Waals surface area contributed by atoms with Gasteiger partial charge in [0.2, 0.25) is 0 Å². The number of aliphatic imine (C=N–C) groups is 1. The van der Waals surface area contributed by atoms with E-state index in [1.54, 1.807) is 7.05 Å². The van der Waals surface area contributed by atoms with Gasteiger partial charge in [0.15, 0.2) is 5.96 Å². The third-order valence-corrected chi connectivity index (χ3v) is 4.29. The number of nitrogens with one attached hydrogen (secondary N) is 2. The summed E-state index contributed by atoms with van der Waals surface area (Å²) < 4.78 is 2.28. The first-order valence-electron chi connectivity index (χ1n) is 8.77. The highest BCUT2D eigenvalue weighted by molar-refractivity contribution is 5.80. The van der Waals surface area contributed by atoms with Crippen LogP contribution in [0.15, 0.2) is 65.8 Å². The van der Waals surface area contributed by atoms with Crippen LogP contribution in [0.3, 0.4) is 0 Å². The Morgan fingerprint density at radius 3 is 2.85 bits per heavy atom. The predicted octanol–water partition coefficient (Wildman–Crippen LogP) is 3.27. The zero-order valence-corrected chi connectivity index (χ0v) is 14.9. The van der Waals surface area contributed by atoms with Crippen molar-refractivity contribution in [2.75, 3.05) is 13.6 Å². The van der Waals surface area contributed by atoms with Crippen molar-refractivity contribution in [1.29, 1.82) is 5.26 Å². The molecular weight excluding hydrogens is 322 g/mol. The Bertz CT molecular complexity index is 933. The standard InChI is InChI=1S/C21H23N5/c1-23-21(25-16-18-7-4-6-17(14-18)15-22)24-11-5-12-26-13-10-19-8-2-3-9-20(19)26/h2-4,6-10,13-14H,5,11-12,16H2,1H3,(H2,23,24,25). The van der Waals surface area contributed by atoms with Gasteiger partial charge in [0, 0.05) is 38.4 Å². The van der Waals surface area contributed by atoms with Crippen LogP contribution in [0.1, 0.15) is 17.5 Å². The van der Waals surface area contributed by atoms with Crippen molar-refractivity contribution in [2.45, 2.75) is 19.5 Å². The maximum absolute atomic E-state index is 8.96. The van der Waals surface area contributed by atoms with Gasteiger partial charge in [0.05, 0.1) is 11.6 Å². The topological polar surface area (TPSA) is 65.1 Å². The van der Waals surface area contributed by atoms with E-state index in [1.807, 2.05) is 24.3 Å². The third-order valence-electron chi connectivity index (χ3n) is 4.29. The quantitative estimate of drug-likeness (QED) is 0.409. The molecule has 132 valence electrons. The number of rotatable bonds is 6. The van der Waals surface area contributed by atoms with Gasteiger partial charge in [0.25, 0.3) is 0 Å². The summed E-state index contributed by atoms with van der Waals surface area (Å²) in [5.41, 5.74) is 3.00. The van der Waals surface area contributed by atoms with E-state index >= 15 is 0 Å². The van der Waals surface area contributed by atoms with Crippen molar-refractivity contribution >= 4 is 16.9 Å². The van der Waals surface area contributed by atoms with Gasteiger partial charge < -0.3 is 15.2 Å². The molecule has 0 atom stereocenters. The van der Waals surface area contributed by atoms with Crippen LogP contribution in [-0.2, 0) is 13.1 Å². The molecule has 5 nitrogen and oxygen atoms in total. The molecule has 26 heavy (non-hydrogen) atoms. The average Bonchev–Trinajstić information content (AvgIpc) is 3.11. The smallest absolute Gasteiger partial charge is 0.191 e. The van der Waals surface area contributed by atoms with E-state index in [0.29, 0.717) is 12.1 Å². The van der Waals surface area contributed by atoms with Gasteiger partial charge in [-0.3, -0.25) is 4.99 Å². The summed E-state index contributed by atoms with van der Waals surface area (Å²) in [6, 6.07) is 20.3. The second-order valence-corrected chi connectivity index (χ2v) is 6.09. The Kier molecular flexibility index (Phi) is 5.89. The Hall–Kier alpha value is -3.26. The molecular formula is C21H23N5. The molecule has 0 fully saturated rings. The lowest BCUT2D eigenvalue weighted by Gasteiger charge is -2.12. The van der Waals surface area contributed by atoms with Crippen LogP contribution in [0.5, 0.6) is 0 Å². The lowest BCUT2D eigenvalue weighted by Crippen LogP contribution is -2.37. The number of fused-ring (bicyclic) bond motifs is 1. The first-order valence-corrected chi connectivity index (χ1v) is 8.77. The largest absolute Gasteiger partial charge is 0.356 e. The minimum atomic E-state index is 0.636. The SMILES string of the molecule is CN=C(NCCCn1ccc2ccccc21)NCc1cccc(C#N)c1. The third kappa shape index (κ3) is 4.42. The van der Waals surface area contributed by atoms with Gasteiger partial charge in [-0.1, -0.05) is 30.3 Å². The molecule has 1 aromatic heterocycles. The average molecular weight is 345 g/mol. The maximum atomic E-state index is 8.96. The van der Waals surface area contributed by atoms with Crippen molar-refractivity contribution < 1.29 is 0 Å². The van der Waals surface area contributed by atoms with Crippen LogP contribution >= 0.6 is 0 Å². The van der Waals surface area contributed by atoms with Crippen molar-refractivity contribution in [3.8, 4) is 6.07 Å². The van der Waals surface area contributed by atoms with E-state index in [0.717, 1.165) is 31.0 Å². The number of nitrogens with zero attached hydrogens (tertiary/aromatic N) is 3. The van der Waals surface area contributed by atoms with Crippen LogP contribution in [0.25, 0.3) is 10.9 Å². The highest BCUT2D eigenvalue weighted by Crippen LogP contribution is 2.15. The number of guanidine groups is 1. The van der Waals surface area contributed by atoms with E-state index in [9.17, 15) is 0 Å². The van der Waals surface area contributed by atoms with Gasteiger partial charge in [-0.2, -0.15) is 5.26 Å². The molecule has 0 spiro atoms. The molecule has 0 radical (unpaired) electrons. The summed E-state index contributed by atoms with van der Waals surface area (Å²) in [6.45, 7) is 2.43. The molecule has 2 aromatic carbocycles. The Morgan fingerprint density at radius 1 is 1.12 bits per heavy atom. The monoisotopic (exact) mass is 345 g/mol. The van der Waals surface area contributed by atoms with E-state index in [4.69, 9.17) is 5.26 Å². The van der Waals surface area contributed by atoms with Crippen LogP contribution in [0, 0.1) is 11.3 Å². The number of nitriles is 1. The molecule has 0 aliphatic heterocycles. The highest BCUT2D eigenvalue weighted by Gasteiger charge is 2.01. The van der Waals surface area contributed by atoms with Crippen molar-refractivity contribution in [3.05, 3.63) is 71.9 Å². The Labute approximate surface area is 154 Å². The second-order valence-electron chi connectivity index (χ2n) is 6.09. The fourth-order valence-electron chi connectivity index (χ4n) is 2.95. The summed E-state index contributed by atoms with van der Waals surface area (Å²) in [5, 5.41) is 16.9. The Balaban J connectivity index is 1.45. The van der Waals surface area contributed by atoms with Gasteiger partial charge in [-0.25, -0.2) is 0 Å². The van der Waals surface area contributed by atoms with Crippen LogP contribution in [0.2, 0.25) is 0 Å². The highest BCUT2D eigenvalue weighted by atomic mass is 15.2. The second kappa shape index (κ2) is 8.72. The fraction of sp³-hybridized carbons (Fsp3) is 0.238. The number of benzene rings is 2. The molecule has 0 bridgehead atoms. The van der Waals surface area contributed by atoms with Gasteiger partial charge >= 0.3 is 0 Å². The maximum Gasteiger partial charge on any atom is 0.191 e.